The van der Waals surface area contributed by atoms with Gasteiger partial charge in [0, 0.05) is 15.7 Å². The molecule has 0 amide bonds. The van der Waals surface area contributed by atoms with Crippen molar-refractivity contribution in [1.82, 2.24) is 4.90 Å². The van der Waals surface area contributed by atoms with Gasteiger partial charge >= 0.3 is 0 Å². The van der Waals surface area contributed by atoms with Crippen LogP contribution in [0.4, 0.5) is 0 Å². The van der Waals surface area contributed by atoms with Crippen molar-refractivity contribution >= 4 is 43.2 Å². The zero-order valence-corrected chi connectivity index (χ0v) is 17.0. The molecule has 0 aliphatic carbocycles. The summed E-state index contributed by atoms with van der Waals surface area (Å²) in [5.74, 6) is 0. The van der Waals surface area contributed by atoms with E-state index in [2.05, 4.69) is 57.9 Å². The SMILES string of the molecule is CCN1C(C#N)=C(C#N)N=C(c2ccsc2)C1/C=C(\I)c1ccccc1. The first-order valence-corrected chi connectivity index (χ1v) is 10.1. The van der Waals surface area contributed by atoms with E-state index in [1.807, 2.05) is 46.8 Å². The monoisotopic (exact) mass is 470 g/mol. The van der Waals surface area contributed by atoms with Crippen LogP contribution in [0.15, 0.2) is 69.6 Å². The van der Waals surface area contributed by atoms with Crippen molar-refractivity contribution in [2.24, 2.45) is 4.99 Å². The molecule has 3 rings (SSSR count). The highest BCUT2D eigenvalue weighted by molar-refractivity contribution is 14.1. The molecule has 0 saturated carbocycles. The van der Waals surface area contributed by atoms with Crippen LogP contribution < -0.4 is 0 Å². The van der Waals surface area contributed by atoms with Crippen LogP contribution in [0, 0.1) is 22.7 Å². The van der Waals surface area contributed by atoms with Crippen molar-refractivity contribution in [3.8, 4) is 12.1 Å². The molecule has 1 aromatic heterocycles. The third-order valence-electron chi connectivity index (χ3n) is 4.08. The molecule has 0 saturated heterocycles. The minimum absolute atomic E-state index is 0.176. The van der Waals surface area contributed by atoms with Gasteiger partial charge in [-0.1, -0.05) is 30.3 Å². The number of halogens is 1. The third-order valence-corrected chi connectivity index (χ3v) is 5.75. The Labute approximate surface area is 170 Å². The fraction of sp³-hybridized carbons (Fsp3) is 0.150. The van der Waals surface area contributed by atoms with Crippen molar-refractivity contribution in [3.63, 3.8) is 0 Å². The van der Waals surface area contributed by atoms with Gasteiger partial charge in [-0.15, -0.1) is 0 Å². The average Bonchev–Trinajstić information content (AvgIpc) is 3.22. The van der Waals surface area contributed by atoms with Gasteiger partial charge in [0.25, 0.3) is 0 Å². The first-order valence-electron chi connectivity index (χ1n) is 8.04. The summed E-state index contributed by atoms with van der Waals surface area (Å²) in [6.45, 7) is 2.59. The van der Waals surface area contributed by atoms with Crippen LogP contribution in [0.2, 0.25) is 0 Å². The molecule has 128 valence electrons. The van der Waals surface area contributed by atoms with Crippen LogP contribution in [0.5, 0.6) is 0 Å². The average molecular weight is 470 g/mol. The van der Waals surface area contributed by atoms with E-state index in [0.29, 0.717) is 12.2 Å². The molecule has 0 fully saturated rings. The van der Waals surface area contributed by atoms with Gasteiger partial charge in [0.2, 0.25) is 0 Å². The molecule has 2 heterocycles. The molecular weight excluding hydrogens is 455 g/mol. The molecule has 0 spiro atoms. The highest BCUT2D eigenvalue weighted by Gasteiger charge is 2.31. The van der Waals surface area contributed by atoms with Crippen molar-refractivity contribution in [2.45, 2.75) is 13.0 Å². The Balaban J connectivity index is 2.15. The zero-order chi connectivity index (χ0) is 18.5. The van der Waals surface area contributed by atoms with Crippen LogP contribution >= 0.6 is 33.9 Å². The van der Waals surface area contributed by atoms with E-state index in [9.17, 15) is 10.5 Å². The highest BCUT2D eigenvalue weighted by Crippen LogP contribution is 2.30. The van der Waals surface area contributed by atoms with Crippen LogP contribution in [-0.2, 0) is 0 Å². The summed E-state index contributed by atoms with van der Waals surface area (Å²) in [5.41, 5.74) is 3.40. The first-order chi connectivity index (χ1) is 12.7. The van der Waals surface area contributed by atoms with Gasteiger partial charge in [-0.25, -0.2) is 4.99 Å². The minimum atomic E-state index is -0.201. The minimum Gasteiger partial charge on any atom is -0.349 e. The topological polar surface area (TPSA) is 63.2 Å². The summed E-state index contributed by atoms with van der Waals surface area (Å²) in [6, 6.07) is 16.1. The Morgan fingerprint density at radius 2 is 2.04 bits per heavy atom. The first kappa shape index (κ1) is 18.4. The normalized spacial score (nSPS) is 17.5. The number of thiophene rings is 1. The summed E-state index contributed by atoms with van der Waals surface area (Å²) in [6.07, 6.45) is 2.11. The van der Waals surface area contributed by atoms with Crippen molar-refractivity contribution in [2.75, 3.05) is 6.54 Å². The quantitative estimate of drug-likeness (QED) is 0.593. The smallest absolute Gasteiger partial charge is 0.175 e. The van der Waals surface area contributed by atoms with Gasteiger partial charge in [-0.05, 0) is 58.0 Å². The Kier molecular flexibility index (Phi) is 5.87. The van der Waals surface area contributed by atoms with E-state index in [0.717, 1.165) is 20.4 Å². The lowest BCUT2D eigenvalue weighted by molar-refractivity contribution is 0.366. The van der Waals surface area contributed by atoms with Crippen LogP contribution in [0.25, 0.3) is 3.58 Å². The molecule has 6 heteroatoms. The molecule has 1 unspecified atom stereocenters. The number of hydrogen-bond donors (Lipinski definition) is 0. The van der Waals surface area contributed by atoms with E-state index < -0.39 is 0 Å². The van der Waals surface area contributed by atoms with Gasteiger partial charge in [-0.2, -0.15) is 21.9 Å². The van der Waals surface area contributed by atoms with Gasteiger partial charge < -0.3 is 4.90 Å². The van der Waals surface area contributed by atoms with Crippen molar-refractivity contribution in [1.29, 1.82) is 10.5 Å². The lowest BCUT2D eigenvalue weighted by Gasteiger charge is -2.34. The van der Waals surface area contributed by atoms with Gasteiger partial charge in [0.1, 0.15) is 12.1 Å². The molecule has 0 bridgehead atoms. The molecule has 0 N–H and O–H groups in total. The highest BCUT2D eigenvalue weighted by atomic mass is 127. The van der Waals surface area contributed by atoms with Gasteiger partial charge in [0.05, 0.1) is 11.8 Å². The van der Waals surface area contributed by atoms with Gasteiger partial charge in [0.15, 0.2) is 11.4 Å². The second-order valence-electron chi connectivity index (χ2n) is 5.54. The fourth-order valence-corrected chi connectivity index (χ4v) is 4.21. The lowest BCUT2D eigenvalue weighted by Crippen LogP contribution is -2.42. The van der Waals surface area contributed by atoms with Crippen LogP contribution in [0.3, 0.4) is 0 Å². The zero-order valence-electron chi connectivity index (χ0n) is 14.1. The number of aliphatic imine (C=N–C) groups is 1. The summed E-state index contributed by atoms with van der Waals surface area (Å²) < 4.78 is 1.08. The number of likely N-dealkylation sites (N-methyl/N-ethyl adjacent to an activating group) is 1. The molecule has 1 aromatic carbocycles. The Bertz CT molecular complexity index is 959. The standard InChI is InChI=1S/C20H15IN4S/c1-2-25-18(10-16(21)14-6-4-3-5-7-14)20(15-8-9-26-13-15)24-17(11-22)19(25)12-23/h3-10,13,18H,2H2,1H3/b16-10-. The number of allylic oxidation sites excluding steroid dienone is 2. The largest absolute Gasteiger partial charge is 0.349 e. The summed E-state index contributed by atoms with van der Waals surface area (Å²) in [5, 5.41) is 23.1. The number of hydrogen-bond acceptors (Lipinski definition) is 5. The maximum Gasteiger partial charge on any atom is 0.175 e. The lowest BCUT2D eigenvalue weighted by atomic mass is 9.99. The summed E-state index contributed by atoms with van der Waals surface area (Å²) >= 11 is 3.90. The Hall–Kier alpha value is -2.42. The number of nitrogens with zero attached hydrogens (tertiary/aromatic N) is 4. The molecule has 1 atom stereocenters. The van der Waals surface area contributed by atoms with Crippen molar-refractivity contribution in [3.05, 3.63) is 75.8 Å². The van der Waals surface area contributed by atoms with E-state index in [4.69, 9.17) is 0 Å². The molecular formula is C20H15IN4S. The maximum atomic E-state index is 9.59. The van der Waals surface area contributed by atoms with Crippen LogP contribution in [0.1, 0.15) is 18.1 Å². The predicted molar refractivity (Wildman–Crippen MR) is 114 cm³/mol. The number of nitriles is 2. The third kappa shape index (κ3) is 3.57. The predicted octanol–water partition coefficient (Wildman–Crippen LogP) is 4.98. The van der Waals surface area contributed by atoms with Gasteiger partial charge in [-0.3, -0.25) is 0 Å². The van der Waals surface area contributed by atoms with E-state index in [1.54, 1.807) is 11.3 Å². The van der Waals surface area contributed by atoms with Crippen molar-refractivity contribution < 1.29 is 0 Å². The second kappa shape index (κ2) is 8.31. The fourth-order valence-electron chi connectivity index (χ4n) is 2.86. The second-order valence-corrected chi connectivity index (χ2v) is 7.48. The number of rotatable bonds is 4. The van der Waals surface area contributed by atoms with E-state index in [-0.39, 0.29) is 11.7 Å². The van der Waals surface area contributed by atoms with E-state index in [1.165, 1.54) is 0 Å². The molecule has 1 aliphatic heterocycles. The number of benzene rings is 1. The molecule has 4 nitrogen and oxygen atoms in total. The molecule has 1 aliphatic rings. The van der Waals surface area contributed by atoms with E-state index >= 15 is 0 Å². The Morgan fingerprint density at radius 1 is 1.27 bits per heavy atom. The summed E-state index contributed by atoms with van der Waals surface area (Å²) in [7, 11) is 0. The molecule has 2 aromatic rings. The maximum absolute atomic E-state index is 9.59. The van der Waals surface area contributed by atoms with Crippen LogP contribution in [-0.4, -0.2) is 23.2 Å². The molecule has 26 heavy (non-hydrogen) atoms. The molecule has 0 radical (unpaired) electrons. The Morgan fingerprint density at radius 3 is 2.62 bits per heavy atom. The summed E-state index contributed by atoms with van der Waals surface area (Å²) in [4.78, 5) is 6.50.